The van der Waals surface area contributed by atoms with E-state index in [0.717, 1.165) is 37.5 Å². The number of hydrogen-bond donors (Lipinski definition) is 1. The second kappa shape index (κ2) is 9.09. The number of ether oxygens (including phenoxy) is 2. The normalized spacial score (nSPS) is 17.4. The summed E-state index contributed by atoms with van der Waals surface area (Å²) in [6.45, 7) is 3.74. The molecular formula is C23H31NO2. The van der Waals surface area contributed by atoms with E-state index >= 15 is 0 Å². The first-order valence-corrected chi connectivity index (χ1v) is 9.82. The third-order valence-electron chi connectivity index (χ3n) is 5.50. The summed E-state index contributed by atoms with van der Waals surface area (Å²) in [4.78, 5) is 0. The predicted molar refractivity (Wildman–Crippen MR) is 107 cm³/mol. The molecule has 0 spiro atoms. The molecular weight excluding hydrogens is 322 g/mol. The van der Waals surface area contributed by atoms with Gasteiger partial charge in [-0.1, -0.05) is 31.5 Å². The molecule has 2 N–H and O–H groups in total. The summed E-state index contributed by atoms with van der Waals surface area (Å²) >= 11 is 0. The van der Waals surface area contributed by atoms with Crippen LogP contribution in [-0.2, 0) is 12.8 Å². The fraction of sp³-hybridized carbons (Fsp3) is 0.478. The zero-order valence-corrected chi connectivity index (χ0v) is 16.0. The van der Waals surface area contributed by atoms with Gasteiger partial charge in [0.2, 0.25) is 0 Å². The van der Waals surface area contributed by atoms with Crippen molar-refractivity contribution in [1.29, 1.82) is 0 Å². The lowest BCUT2D eigenvalue weighted by Crippen LogP contribution is -2.21. The molecule has 0 fully saturated rings. The molecule has 0 aliphatic heterocycles. The van der Waals surface area contributed by atoms with Gasteiger partial charge in [-0.2, -0.15) is 0 Å². The Balaban J connectivity index is 1.58. The standard InChI is InChI=1S/C23H31NO2/c1-3-4-21(15-24)20-8-7-18-13-17(5-6-19(18)14-20)16-26-23-11-9-22(25-2)10-12-23/h7-12,14,17,21H,3-6,13,15-16,24H2,1-2H3. The molecule has 2 unspecified atom stereocenters. The lowest BCUT2D eigenvalue weighted by molar-refractivity contribution is 0.234. The molecule has 3 rings (SSSR count). The van der Waals surface area contributed by atoms with Crippen molar-refractivity contribution in [3.05, 3.63) is 59.2 Å². The number of fused-ring (bicyclic) bond motifs is 1. The summed E-state index contributed by atoms with van der Waals surface area (Å²) < 4.78 is 11.2. The molecule has 2 atom stereocenters. The van der Waals surface area contributed by atoms with Crippen LogP contribution in [0, 0.1) is 5.92 Å². The topological polar surface area (TPSA) is 44.5 Å². The molecule has 2 aromatic carbocycles. The number of methoxy groups -OCH3 is 1. The maximum absolute atomic E-state index is 6.00. The van der Waals surface area contributed by atoms with Crippen LogP contribution in [0.25, 0.3) is 0 Å². The molecule has 1 aliphatic rings. The third-order valence-corrected chi connectivity index (χ3v) is 5.50. The Morgan fingerprint density at radius 3 is 2.54 bits per heavy atom. The minimum atomic E-state index is 0.501. The SMILES string of the molecule is CCCC(CN)c1ccc2c(c1)CCC(COc1ccc(OC)cc1)C2. The van der Waals surface area contributed by atoms with Gasteiger partial charge in [0.25, 0.3) is 0 Å². The van der Waals surface area contributed by atoms with Gasteiger partial charge in [-0.3, -0.25) is 0 Å². The first-order chi connectivity index (χ1) is 12.7. The molecule has 0 saturated heterocycles. The maximum atomic E-state index is 6.00. The Bertz CT molecular complexity index is 696. The van der Waals surface area contributed by atoms with E-state index in [1.807, 2.05) is 24.3 Å². The fourth-order valence-electron chi connectivity index (χ4n) is 3.90. The number of rotatable bonds is 8. The Labute approximate surface area is 157 Å². The largest absolute Gasteiger partial charge is 0.497 e. The van der Waals surface area contributed by atoms with Crippen LogP contribution in [0.1, 0.15) is 48.8 Å². The highest BCUT2D eigenvalue weighted by Gasteiger charge is 2.20. The summed E-state index contributed by atoms with van der Waals surface area (Å²) in [6.07, 6.45) is 5.79. The fourth-order valence-corrected chi connectivity index (χ4v) is 3.90. The van der Waals surface area contributed by atoms with Crippen LogP contribution >= 0.6 is 0 Å². The highest BCUT2D eigenvalue weighted by molar-refractivity contribution is 5.36. The monoisotopic (exact) mass is 353 g/mol. The van der Waals surface area contributed by atoms with Crippen molar-refractivity contribution in [2.45, 2.75) is 44.9 Å². The number of hydrogen-bond acceptors (Lipinski definition) is 3. The molecule has 0 aromatic heterocycles. The quantitative estimate of drug-likeness (QED) is 0.747. The maximum Gasteiger partial charge on any atom is 0.119 e. The van der Waals surface area contributed by atoms with Gasteiger partial charge in [-0.15, -0.1) is 0 Å². The van der Waals surface area contributed by atoms with E-state index in [4.69, 9.17) is 15.2 Å². The lowest BCUT2D eigenvalue weighted by Gasteiger charge is -2.26. The molecule has 0 radical (unpaired) electrons. The van der Waals surface area contributed by atoms with Crippen LogP contribution in [0.15, 0.2) is 42.5 Å². The summed E-state index contributed by atoms with van der Waals surface area (Å²) in [7, 11) is 1.68. The molecule has 1 aliphatic carbocycles. The zero-order chi connectivity index (χ0) is 18.4. The van der Waals surface area contributed by atoms with E-state index in [-0.39, 0.29) is 0 Å². The Morgan fingerprint density at radius 2 is 1.85 bits per heavy atom. The van der Waals surface area contributed by atoms with Crippen LogP contribution in [0.4, 0.5) is 0 Å². The van der Waals surface area contributed by atoms with Crippen molar-refractivity contribution in [2.24, 2.45) is 11.7 Å². The van der Waals surface area contributed by atoms with Crippen LogP contribution in [0.5, 0.6) is 11.5 Å². The summed E-state index contributed by atoms with van der Waals surface area (Å²) in [6, 6.07) is 14.9. The highest BCUT2D eigenvalue weighted by Crippen LogP contribution is 2.30. The molecule has 26 heavy (non-hydrogen) atoms. The van der Waals surface area contributed by atoms with Crippen LogP contribution in [-0.4, -0.2) is 20.3 Å². The molecule has 0 bridgehead atoms. The lowest BCUT2D eigenvalue weighted by atomic mass is 9.82. The molecule has 0 heterocycles. The van der Waals surface area contributed by atoms with Crippen molar-refractivity contribution in [2.75, 3.05) is 20.3 Å². The summed E-state index contributed by atoms with van der Waals surface area (Å²) in [5.74, 6) is 2.86. The van der Waals surface area contributed by atoms with Gasteiger partial charge in [-0.05, 0) is 85.0 Å². The molecule has 2 aromatic rings. The minimum Gasteiger partial charge on any atom is -0.497 e. The second-order valence-electron chi connectivity index (χ2n) is 7.34. The molecule has 3 nitrogen and oxygen atoms in total. The van der Waals surface area contributed by atoms with Crippen LogP contribution < -0.4 is 15.2 Å². The Morgan fingerprint density at radius 1 is 1.08 bits per heavy atom. The molecule has 0 saturated carbocycles. The van der Waals surface area contributed by atoms with E-state index in [9.17, 15) is 0 Å². The van der Waals surface area contributed by atoms with Gasteiger partial charge < -0.3 is 15.2 Å². The van der Waals surface area contributed by atoms with Gasteiger partial charge in [0.15, 0.2) is 0 Å². The van der Waals surface area contributed by atoms with Crippen molar-refractivity contribution in [1.82, 2.24) is 0 Å². The number of aryl methyl sites for hydroxylation is 1. The summed E-state index contributed by atoms with van der Waals surface area (Å²) in [5.41, 5.74) is 10.4. The van der Waals surface area contributed by atoms with Gasteiger partial charge in [0.05, 0.1) is 13.7 Å². The number of benzene rings is 2. The van der Waals surface area contributed by atoms with Crippen LogP contribution in [0.3, 0.4) is 0 Å². The average Bonchev–Trinajstić information content (AvgIpc) is 2.70. The van der Waals surface area contributed by atoms with Gasteiger partial charge >= 0.3 is 0 Å². The van der Waals surface area contributed by atoms with Gasteiger partial charge in [-0.25, -0.2) is 0 Å². The van der Waals surface area contributed by atoms with E-state index in [2.05, 4.69) is 25.1 Å². The third kappa shape index (κ3) is 4.59. The van der Waals surface area contributed by atoms with Crippen molar-refractivity contribution in [3.63, 3.8) is 0 Å². The number of nitrogens with two attached hydrogens (primary N) is 1. The Hall–Kier alpha value is -2.00. The summed E-state index contributed by atoms with van der Waals surface area (Å²) in [5, 5.41) is 0. The van der Waals surface area contributed by atoms with Gasteiger partial charge in [0.1, 0.15) is 11.5 Å². The van der Waals surface area contributed by atoms with Crippen molar-refractivity contribution < 1.29 is 9.47 Å². The molecule has 140 valence electrons. The predicted octanol–water partition coefficient (Wildman–Crippen LogP) is 4.72. The molecule has 0 amide bonds. The van der Waals surface area contributed by atoms with Gasteiger partial charge in [0, 0.05) is 0 Å². The first kappa shape index (κ1) is 18.8. The first-order valence-electron chi connectivity index (χ1n) is 9.82. The zero-order valence-electron chi connectivity index (χ0n) is 16.0. The highest BCUT2D eigenvalue weighted by atomic mass is 16.5. The van der Waals surface area contributed by atoms with Crippen molar-refractivity contribution >= 4 is 0 Å². The van der Waals surface area contributed by atoms with E-state index in [1.165, 1.54) is 36.0 Å². The van der Waals surface area contributed by atoms with E-state index in [0.29, 0.717) is 11.8 Å². The second-order valence-corrected chi connectivity index (χ2v) is 7.34. The van der Waals surface area contributed by atoms with Crippen LogP contribution in [0.2, 0.25) is 0 Å². The van der Waals surface area contributed by atoms with Crippen molar-refractivity contribution in [3.8, 4) is 11.5 Å². The average molecular weight is 354 g/mol. The van der Waals surface area contributed by atoms with E-state index < -0.39 is 0 Å². The van der Waals surface area contributed by atoms with E-state index in [1.54, 1.807) is 7.11 Å². The smallest absolute Gasteiger partial charge is 0.119 e. The molecule has 3 heteroatoms. The Kier molecular flexibility index (Phi) is 6.56. The minimum absolute atomic E-state index is 0.501.